The van der Waals surface area contributed by atoms with Crippen LogP contribution in [0.1, 0.15) is 12.8 Å². The van der Waals surface area contributed by atoms with Crippen LogP contribution >= 0.6 is 0 Å². The fourth-order valence-corrected chi connectivity index (χ4v) is 1.08. The Morgan fingerprint density at radius 3 is 2.33 bits per heavy atom. The number of rotatable bonds is 2. The van der Waals surface area contributed by atoms with Crippen molar-refractivity contribution in [3.8, 4) is 0 Å². The van der Waals surface area contributed by atoms with Crippen molar-refractivity contribution in [2.24, 2.45) is 0 Å². The van der Waals surface area contributed by atoms with Crippen molar-refractivity contribution in [1.29, 1.82) is 0 Å². The van der Waals surface area contributed by atoms with E-state index in [-0.39, 0.29) is 51.4 Å². The zero-order valence-electron chi connectivity index (χ0n) is 7.03. The summed E-state index contributed by atoms with van der Waals surface area (Å²) >= 11 is 0. The quantitative estimate of drug-likeness (QED) is 0.530. The van der Waals surface area contributed by atoms with Gasteiger partial charge in [0.25, 0.3) is 0 Å². The van der Waals surface area contributed by atoms with Gasteiger partial charge in [-0.15, -0.1) is 12.1 Å². The summed E-state index contributed by atoms with van der Waals surface area (Å²) in [4.78, 5) is 0. The summed E-state index contributed by atoms with van der Waals surface area (Å²) in [5.74, 6) is 0. The molecule has 1 aliphatic rings. The van der Waals surface area contributed by atoms with E-state index in [0.29, 0.717) is 19.4 Å². The topological polar surface area (TPSA) is 9.23 Å². The minimum absolute atomic E-state index is 0. The van der Waals surface area contributed by atoms with E-state index < -0.39 is 18.6 Å². The molecule has 0 aliphatic carbocycles. The van der Waals surface area contributed by atoms with E-state index in [1.54, 1.807) is 0 Å². The van der Waals surface area contributed by atoms with Crippen molar-refractivity contribution < 1.29 is 69.1 Å². The Kier molecular flexibility index (Phi) is 5.68. The molecule has 64 valence electrons. The first-order chi connectivity index (χ1) is 5.02. The summed E-state index contributed by atoms with van der Waals surface area (Å²) in [6.07, 6.45) is 0.394. The molecule has 6 heteroatoms. The second-order valence-corrected chi connectivity index (χ2v) is 2.65. The van der Waals surface area contributed by atoms with Crippen LogP contribution in [-0.2, 0) is 4.74 Å². The largest absolute Gasteiger partial charge is 1.00 e. The van der Waals surface area contributed by atoms with Gasteiger partial charge in [-0.2, -0.15) is 0 Å². The van der Waals surface area contributed by atoms with Crippen molar-refractivity contribution in [3.05, 3.63) is 12.1 Å². The Morgan fingerprint density at radius 2 is 2.00 bits per heavy atom. The molecule has 1 atom stereocenters. The molecule has 1 fully saturated rings. The minimum Gasteiger partial charge on any atom is -0.445 e. The van der Waals surface area contributed by atoms with Crippen LogP contribution in [0.15, 0.2) is 12.1 Å². The number of hydrogen-bond acceptors (Lipinski definition) is 1. The summed E-state index contributed by atoms with van der Waals surface area (Å²) in [6, 6.07) is 0. The van der Waals surface area contributed by atoms with Gasteiger partial charge in [0.2, 0.25) is 0 Å². The van der Waals surface area contributed by atoms with Crippen LogP contribution in [0.5, 0.6) is 0 Å². The molecule has 1 rings (SSSR count). The Bertz CT molecular complexity index is 165. The van der Waals surface area contributed by atoms with Gasteiger partial charge in [0.05, 0.1) is 6.10 Å². The Hall–Kier alpha value is 1.19. The standard InChI is InChI=1S/C6H9BF3O.K/c1-5(7(8,9)10)6-3-2-4-11-6;/h6H,1-4H2;/q-1;+1. The van der Waals surface area contributed by atoms with Gasteiger partial charge in [0.15, 0.2) is 0 Å². The molecule has 0 bridgehead atoms. The molecule has 12 heavy (non-hydrogen) atoms. The Balaban J connectivity index is 0.00000121. The average molecular weight is 204 g/mol. The Labute approximate surface area is 112 Å². The van der Waals surface area contributed by atoms with Gasteiger partial charge in [-0.05, 0) is 12.8 Å². The first-order valence-electron chi connectivity index (χ1n) is 3.52. The first kappa shape index (κ1) is 13.2. The van der Waals surface area contributed by atoms with Gasteiger partial charge in [0, 0.05) is 6.61 Å². The maximum atomic E-state index is 12.0. The molecule has 1 aliphatic heterocycles. The van der Waals surface area contributed by atoms with Gasteiger partial charge in [-0.25, -0.2) is 0 Å². The van der Waals surface area contributed by atoms with E-state index >= 15 is 0 Å². The van der Waals surface area contributed by atoms with Crippen LogP contribution in [0.3, 0.4) is 0 Å². The van der Waals surface area contributed by atoms with Gasteiger partial charge < -0.3 is 17.7 Å². The average Bonchev–Trinajstić information content (AvgIpc) is 2.34. The van der Waals surface area contributed by atoms with Gasteiger partial charge in [-0.3, -0.25) is 0 Å². The van der Waals surface area contributed by atoms with Gasteiger partial charge >= 0.3 is 58.4 Å². The summed E-state index contributed by atoms with van der Waals surface area (Å²) in [5, 5.41) is 0. The van der Waals surface area contributed by atoms with Crippen molar-refractivity contribution in [2.45, 2.75) is 18.9 Å². The second-order valence-electron chi connectivity index (χ2n) is 2.65. The first-order valence-corrected chi connectivity index (χ1v) is 3.52. The fourth-order valence-electron chi connectivity index (χ4n) is 1.08. The third-order valence-electron chi connectivity index (χ3n) is 1.76. The molecule has 0 saturated carbocycles. The van der Waals surface area contributed by atoms with Crippen molar-refractivity contribution >= 4 is 6.98 Å². The molecular formula is C6H9BF3KO. The molecule has 0 aromatic heterocycles. The van der Waals surface area contributed by atoms with Gasteiger partial charge in [0.1, 0.15) is 0 Å². The minimum atomic E-state index is -4.90. The summed E-state index contributed by atoms with van der Waals surface area (Å²) in [6.45, 7) is -1.49. The van der Waals surface area contributed by atoms with Crippen LogP contribution in [0, 0.1) is 0 Å². The van der Waals surface area contributed by atoms with Crippen LogP contribution in [-0.4, -0.2) is 19.7 Å². The zero-order valence-corrected chi connectivity index (χ0v) is 10.1. The van der Waals surface area contributed by atoms with E-state index in [2.05, 4.69) is 6.58 Å². The smallest absolute Gasteiger partial charge is 0.445 e. The van der Waals surface area contributed by atoms with Crippen molar-refractivity contribution in [3.63, 3.8) is 0 Å². The van der Waals surface area contributed by atoms with Crippen LogP contribution in [0.4, 0.5) is 12.9 Å². The SMILES string of the molecule is C=C(C1CCCO1)[B-](F)(F)F.[K+]. The second kappa shape index (κ2) is 5.17. The Morgan fingerprint density at radius 1 is 1.42 bits per heavy atom. The summed E-state index contributed by atoms with van der Waals surface area (Å²) in [7, 11) is 0. The zero-order chi connectivity index (χ0) is 8.48. The molecule has 0 amide bonds. The van der Waals surface area contributed by atoms with Crippen molar-refractivity contribution in [1.82, 2.24) is 0 Å². The predicted octanol–water partition coefficient (Wildman–Crippen LogP) is -0.888. The summed E-state index contributed by atoms with van der Waals surface area (Å²) in [5.41, 5.74) is -0.692. The molecular weight excluding hydrogens is 195 g/mol. The molecule has 1 unspecified atom stereocenters. The maximum Gasteiger partial charge on any atom is 1.00 e. The third-order valence-corrected chi connectivity index (χ3v) is 1.76. The monoisotopic (exact) mass is 204 g/mol. The third kappa shape index (κ3) is 3.51. The molecule has 0 N–H and O–H groups in total. The number of hydrogen-bond donors (Lipinski definition) is 0. The molecule has 0 spiro atoms. The molecule has 1 saturated heterocycles. The van der Waals surface area contributed by atoms with Crippen LogP contribution in [0.25, 0.3) is 0 Å². The normalized spacial score (nSPS) is 23.4. The molecule has 1 heterocycles. The molecule has 1 nitrogen and oxygen atoms in total. The number of ether oxygens (including phenoxy) is 1. The summed E-state index contributed by atoms with van der Waals surface area (Å²) < 4.78 is 40.8. The van der Waals surface area contributed by atoms with Crippen LogP contribution < -0.4 is 51.4 Å². The van der Waals surface area contributed by atoms with E-state index in [4.69, 9.17) is 4.74 Å². The van der Waals surface area contributed by atoms with E-state index in [0.717, 1.165) is 0 Å². The molecule has 0 aromatic rings. The molecule has 0 radical (unpaired) electrons. The maximum absolute atomic E-state index is 12.0. The number of halogens is 3. The van der Waals surface area contributed by atoms with E-state index in [1.165, 1.54) is 0 Å². The van der Waals surface area contributed by atoms with E-state index in [9.17, 15) is 12.9 Å². The van der Waals surface area contributed by atoms with Crippen molar-refractivity contribution in [2.75, 3.05) is 6.61 Å². The predicted molar refractivity (Wildman–Crippen MR) is 37.2 cm³/mol. The van der Waals surface area contributed by atoms with Crippen LogP contribution in [0.2, 0.25) is 0 Å². The fraction of sp³-hybridized carbons (Fsp3) is 0.667. The van der Waals surface area contributed by atoms with Gasteiger partial charge in [-0.1, -0.05) is 0 Å². The molecule has 0 aromatic carbocycles. The van der Waals surface area contributed by atoms with E-state index in [1.807, 2.05) is 0 Å².